The minimum absolute atomic E-state index is 0.104. The lowest BCUT2D eigenvalue weighted by Crippen LogP contribution is -2.33. The fourth-order valence-electron chi connectivity index (χ4n) is 3.63. The minimum Gasteiger partial charge on any atom is -0.373 e. The van der Waals surface area contributed by atoms with E-state index in [2.05, 4.69) is 10.6 Å². The normalized spacial score (nSPS) is 18.6. The second-order valence-corrected chi connectivity index (χ2v) is 6.81. The van der Waals surface area contributed by atoms with E-state index >= 15 is 0 Å². The van der Waals surface area contributed by atoms with Crippen LogP contribution < -0.4 is 15.5 Å². The first-order chi connectivity index (χ1) is 12.5. The Hall–Kier alpha value is -2.89. The van der Waals surface area contributed by atoms with Gasteiger partial charge in [0.25, 0.3) is 0 Å². The van der Waals surface area contributed by atoms with Gasteiger partial charge in [0.05, 0.1) is 0 Å². The molecule has 6 heteroatoms. The maximum absolute atomic E-state index is 14.0. The maximum atomic E-state index is 14.0. The van der Waals surface area contributed by atoms with Crippen molar-refractivity contribution < 1.29 is 14.0 Å². The first-order valence-corrected chi connectivity index (χ1v) is 8.79. The molecular formula is C20H20FN3O2. The molecule has 2 aliphatic heterocycles. The summed E-state index contributed by atoms with van der Waals surface area (Å²) in [7, 11) is 0. The monoisotopic (exact) mass is 353 g/mol. The van der Waals surface area contributed by atoms with E-state index in [1.54, 1.807) is 23.1 Å². The van der Waals surface area contributed by atoms with Crippen LogP contribution in [0.5, 0.6) is 0 Å². The Labute approximate surface area is 151 Å². The maximum Gasteiger partial charge on any atom is 0.247 e. The van der Waals surface area contributed by atoms with Crippen molar-refractivity contribution in [3.63, 3.8) is 0 Å². The number of nitrogens with one attached hydrogen (secondary N) is 2. The zero-order chi connectivity index (χ0) is 18.3. The summed E-state index contributed by atoms with van der Waals surface area (Å²) < 4.78 is 14.0. The Morgan fingerprint density at radius 2 is 2.15 bits per heavy atom. The third-order valence-corrected chi connectivity index (χ3v) is 5.01. The predicted octanol–water partition coefficient (Wildman–Crippen LogP) is 3.24. The van der Waals surface area contributed by atoms with Gasteiger partial charge in [-0.05, 0) is 43.2 Å². The van der Waals surface area contributed by atoms with Gasteiger partial charge in [-0.3, -0.25) is 9.59 Å². The van der Waals surface area contributed by atoms with E-state index in [-0.39, 0.29) is 17.6 Å². The van der Waals surface area contributed by atoms with Gasteiger partial charge >= 0.3 is 0 Å². The molecule has 2 N–H and O–H groups in total. The van der Waals surface area contributed by atoms with Crippen molar-refractivity contribution in [3.05, 3.63) is 53.3 Å². The van der Waals surface area contributed by atoms with Crippen LogP contribution in [-0.4, -0.2) is 24.4 Å². The summed E-state index contributed by atoms with van der Waals surface area (Å²) in [5.41, 5.74) is 3.60. The molecule has 0 saturated carbocycles. The van der Waals surface area contributed by atoms with Gasteiger partial charge < -0.3 is 15.5 Å². The molecule has 2 aliphatic rings. The number of hydrogen-bond donors (Lipinski definition) is 2. The quantitative estimate of drug-likeness (QED) is 0.891. The van der Waals surface area contributed by atoms with Crippen molar-refractivity contribution in [1.29, 1.82) is 0 Å². The van der Waals surface area contributed by atoms with E-state index < -0.39 is 6.04 Å². The number of carbonyl (C=O) groups excluding carboxylic acids is 2. The SMILES string of the molecule is Cc1ccc(F)c2c1NC(C(=O)Nc1cccc(N3CCCC3=O)c1)C2. The molecule has 4 rings (SSSR count). The molecule has 1 saturated heterocycles. The van der Waals surface area contributed by atoms with E-state index in [9.17, 15) is 14.0 Å². The van der Waals surface area contributed by atoms with Crippen LogP contribution in [-0.2, 0) is 16.0 Å². The molecule has 0 aromatic heterocycles. The van der Waals surface area contributed by atoms with Gasteiger partial charge in [0, 0.05) is 42.0 Å². The van der Waals surface area contributed by atoms with Gasteiger partial charge in [-0.2, -0.15) is 0 Å². The zero-order valence-electron chi connectivity index (χ0n) is 14.5. The number of benzene rings is 2. The first-order valence-electron chi connectivity index (χ1n) is 8.79. The average Bonchev–Trinajstić information content (AvgIpc) is 3.26. The van der Waals surface area contributed by atoms with Crippen LogP contribution >= 0.6 is 0 Å². The number of aryl methyl sites for hydroxylation is 1. The third-order valence-electron chi connectivity index (χ3n) is 5.01. The molecule has 1 atom stereocenters. The van der Waals surface area contributed by atoms with Crippen molar-refractivity contribution in [2.45, 2.75) is 32.2 Å². The third kappa shape index (κ3) is 2.92. The highest BCUT2D eigenvalue weighted by Crippen LogP contribution is 2.32. The number of halogens is 1. The highest BCUT2D eigenvalue weighted by molar-refractivity contribution is 6.00. The van der Waals surface area contributed by atoms with Crippen LogP contribution in [0, 0.1) is 12.7 Å². The van der Waals surface area contributed by atoms with Gasteiger partial charge in [0.15, 0.2) is 0 Å². The van der Waals surface area contributed by atoms with Crippen molar-refractivity contribution >= 4 is 28.9 Å². The summed E-state index contributed by atoms with van der Waals surface area (Å²) in [6.45, 7) is 2.59. The van der Waals surface area contributed by atoms with Crippen molar-refractivity contribution in [3.8, 4) is 0 Å². The molecule has 0 bridgehead atoms. The number of carbonyl (C=O) groups is 2. The van der Waals surface area contributed by atoms with Crippen molar-refractivity contribution in [2.24, 2.45) is 0 Å². The average molecular weight is 353 g/mol. The highest BCUT2D eigenvalue weighted by Gasteiger charge is 2.30. The summed E-state index contributed by atoms with van der Waals surface area (Å²) in [4.78, 5) is 26.3. The standard InChI is InChI=1S/C20H20FN3O2/c1-12-7-8-16(21)15-11-17(23-19(12)15)20(26)22-13-4-2-5-14(10-13)24-9-3-6-18(24)25/h2,4-5,7-8,10,17,23H,3,6,9,11H2,1H3,(H,22,26). The molecular weight excluding hydrogens is 333 g/mol. The van der Waals surface area contributed by atoms with E-state index in [0.29, 0.717) is 36.3 Å². The van der Waals surface area contributed by atoms with Gasteiger partial charge in [-0.15, -0.1) is 0 Å². The predicted molar refractivity (Wildman–Crippen MR) is 98.9 cm³/mol. The number of amides is 2. The Morgan fingerprint density at radius 1 is 1.31 bits per heavy atom. The number of fused-ring (bicyclic) bond motifs is 1. The summed E-state index contributed by atoms with van der Waals surface area (Å²) in [5, 5.41) is 6.00. The van der Waals surface area contributed by atoms with Crippen LogP contribution in [0.1, 0.15) is 24.0 Å². The van der Waals surface area contributed by atoms with Crippen LogP contribution in [0.25, 0.3) is 0 Å². The summed E-state index contributed by atoms with van der Waals surface area (Å²) in [5.74, 6) is -0.403. The molecule has 1 fully saturated rings. The van der Waals surface area contributed by atoms with E-state index in [1.807, 2.05) is 19.1 Å². The van der Waals surface area contributed by atoms with Gasteiger partial charge in [0.2, 0.25) is 11.8 Å². The fraction of sp³-hybridized carbons (Fsp3) is 0.300. The van der Waals surface area contributed by atoms with Crippen LogP contribution in [0.2, 0.25) is 0 Å². The highest BCUT2D eigenvalue weighted by atomic mass is 19.1. The number of hydrogen-bond acceptors (Lipinski definition) is 3. The van der Waals surface area contributed by atoms with Gasteiger partial charge in [-0.1, -0.05) is 12.1 Å². The zero-order valence-corrected chi connectivity index (χ0v) is 14.5. The Morgan fingerprint density at radius 3 is 2.88 bits per heavy atom. The van der Waals surface area contributed by atoms with Crippen molar-refractivity contribution in [1.82, 2.24) is 0 Å². The summed E-state index contributed by atoms with van der Waals surface area (Å²) in [6, 6.07) is 9.89. The summed E-state index contributed by atoms with van der Waals surface area (Å²) >= 11 is 0. The first kappa shape index (κ1) is 16.6. The minimum atomic E-state index is -0.516. The van der Waals surface area contributed by atoms with E-state index in [0.717, 1.165) is 17.7 Å². The largest absolute Gasteiger partial charge is 0.373 e. The molecule has 134 valence electrons. The molecule has 2 aromatic rings. The molecule has 0 spiro atoms. The van der Waals surface area contributed by atoms with Crippen LogP contribution in [0.15, 0.2) is 36.4 Å². The number of anilines is 3. The molecule has 26 heavy (non-hydrogen) atoms. The van der Waals surface area contributed by atoms with E-state index in [4.69, 9.17) is 0 Å². The Balaban J connectivity index is 1.49. The smallest absolute Gasteiger partial charge is 0.247 e. The molecule has 5 nitrogen and oxygen atoms in total. The lowest BCUT2D eigenvalue weighted by Gasteiger charge is -2.17. The Kier molecular flexibility index (Phi) is 4.11. The molecule has 0 radical (unpaired) electrons. The fourth-order valence-corrected chi connectivity index (χ4v) is 3.63. The second kappa shape index (κ2) is 6.44. The van der Waals surface area contributed by atoms with E-state index in [1.165, 1.54) is 6.07 Å². The van der Waals surface area contributed by atoms with Crippen LogP contribution in [0.3, 0.4) is 0 Å². The molecule has 2 aromatic carbocycles. The number of rotatable bonds is 3. The molecule has 1 unspecified atom stereocenters. The molecule has 2 heterocycles. The lowest BCUT2D eigenvalue weighted by molar-refractivity contribution is -0.117. The lowest BCUT2D eigenvalue weighted by atomic mass is 10.1. The molecule has 2 amide bonds. The Bertz CT molecular complexity index is 866. The van der Waals surface area contributed by atoms with Crippen LogP contribution in [0.4, 0.5) is 21.5 Å². The molecule has 0 aliphatic carbocycles. The van der Waals surface area contributed by atoms with Gasteiger partial charge in [0.1, 0.15) is 11.9 Å². The van der Waals surface area contributed by atoms with Gasteiger partial charge in [-0.25, -0.2) is 4.39 Å². The second-order valence-electron chi connectivity index (χ2n) is 6.81. The van der Waals surface area contributed by atoms with Crippen molar-refractivity contribution in [2.75, 3.05) is 22.1 Å². The summed E-state index contributed by atoms with van der Waals surface area (Å²) in [6.07, 6.45) is 1.73. The topological polar surface area (TPSA) is 61.4 Å². The number of nitrogens with zero attached hydrogens (tertiary/aromatic N) is 1.